The Morgan fingerprint density at radius 1 is 1.16 bits per heavy atom. The number of hydrogen-bond acceptors (Lipinski definition) is 2. The zero-order chi connectivity index (χ0) is 14.8. The molecule has 0 radical (unpaired) electrons. The largest absolute Gasteiger partial charge is 0.337 e. The van der Waals surface area contributed by atoms with E-state index in [9.17, 15) is 0 Å². The molecule has 0 saturated carbocycles. The lowest BCUT2D eigenvalue weighted by Crippen LogP contribution is -2.08. The molecule has 0 aromatic rings. The van der Waals surface area contributed by atoms with Crippen LogP contribution in [0.1, 0.15) is 34.6 Å². The molecule has 0 aliphatic carbocycles. The van der Waals surface area contributed by atoms with E-state index in [0.29, 0.717) is 5.82 Å². The van der Waals surface area contributed by atoms with Crippen LogP contribution in [0.3, 0.4) is 0 Å². The standard InChI is InChI=1S/C17H24N2/c1-8-14(5)10-11-16(7)19-17(18-9-2)12-15(6)13(3)4/h8-11,19H,1,3H2,2,4-7H3/b14-10-,16-11+,18-9?. The average Bonchev–Trinajstić information content (AvgIpc) is 2.35. The Hall–Kier alpha value is -2.05. The van der Waals surface area contributed by atoms with Gasteiger partial charge in [0.1, 0.15) is 0 Å². The molecule has 0 atom stereocenters. The summed E-state index contributed by atoms with van der Waals surface area (Å²) in [6.07, 6.45) is 7.53. The molecule has 0 unspecified atom stereocenters. The molecule has 0 bridgehead atoms. The summed E-state index contributed by atoms with van der Waals surface area (Å²) >= 11 is 0. The van der Waals surface area contributed by atoms with Crippen molar-refractivity contribution in [3.05, 3.63) is 65.4 Å². The predicted octanol–water partition coefficient (Wildman–Crippen LogP) is 4.67. The molecule has 0 rings (SSSR count). The maximum absolute atomic E-state index is 4.26. The Balaban J connectivity index is 5.24. The van der Waals surface area contributed by atoms with E-state index in [1.165, 1.54) is 0 Å². The minimum Gasteiger partial charge on any atom is -0.337 e. The van der Waals surface area contributed by atoms with Crippen LogP contribution in [0.2, 0.25) is 0 Å². The molecule has 0 aliphatic heterocycles. The van der Waals surface area contributed by atoms with Gasteiger partial charge >= 0.3 is 0 Å². The molecule has 1 N–H and O–H groups in total. The van der Waals surface area contributed by atoms with Crippen LogP contribution in [0.25, 0.3) is 0 Å². The van der Waals surface area contributed by atoms with Crippen molar-refractivity contribution in [2.24, 2.45) is 4.99 Å². The quantitative estimate of drug-likeness (QED) is 0.417. The van der Waals surface area contributed by atoms with Gasteiger partial charge in [0, 0.05) is 11.9 Å². The highest BCUT2D eigenvalue weighted by molar-refractivity contribution is 5.55. The first-order chi connectivity index (χ1) is 8.90. The van der Waals surface area contributed by atoms with Crippen molar-refractivity contribution >= 4 is 6.21 Å². The predicted molar refractivity (Wildman–Crippen MR) is 86.0 cm³/mol. The van der Waals surface area contributed by atoms with E-state index in [1.807, 2.05) is 52.8 Å². The fraction of sp³-hybridized carbons (Fsp3) is 0.294. The molecule has 102 valence electrons. The van der Waals surface area contributed by atoms with Gasteiger partial charge in [-0.15, -0.1) is 0 Å². The Morgan fingerprint density at radius 3 is 2.26 bits per heavy atom. The van der Waals surface area contributed by atoms with Crippen molar-refractivity contribution in [2.75, 3.05) is 0 Å². The number of allylic oxidation sites excluding steroid dienone is 7. The van der Waals surface area contributed by atoms with Gasteiger partial charge in [-0.05, 0) is 51.8 Å². The SMILES string of the molecule is C=C/C(C)=C\C=C(/C)NC(=C=C(C)C(=C)C)N=CC. The number of rotatable bonds is 6. The Kier molecular flexibility index (Phi) is 7.99. The van der Waals surface area contributed by atoms with Gasteiger partial charge in [0.05, 0.1) is 0 Å². The maximum atomic E-state index is 4.26. The highest BCUT2D eigenvalue weighted by Crippen LogP contribution is 2.05. The van der Waals surface area contributed by atoms with Crippen LogP contribution in [0.15, 0.2) is 70.3 Å². The monoisotopic (exact) mass is 256 g/mol. The summed E-state index contributed by atoms with van der Waals surface area (Å²) in [5.74, 6) is 0.682. The summed E-state index contributed by atoms with van der Waals surface area (Å²) in [6, 6.07) is 0. The summed E-state index contributed by atoms with van der Waals surface area (Å²) in [7, 11) is 0. The topological polar surface area (TPSA) is 24.4 Å². The molecule has 0 heterocycles. The fourth-order valence-electron chi connectivity index (χ4n) is 1.06. The highest BCUT2D eigenvalue weighted by Gasteiger charge is 1.94. The van der Waals surface area contributed by atoms with E-state index >= 15 is 0 Å². The molecule has 2 heteroatoms. The Labute approximate surface area is 117 Å². The van der Waals surface area contributed by atoms with E-state index in [-0.39, 0.29) is 0 Å². The molecule has 0 aliphatic rings. The van der Waals surface area contributed by atoms with Crippen LogP contribution in [0.5, 0.6) is 0 Å². The first kappa shape index (κ1) is 16.9. The van der Waals surface area contributed by atoms with E-state index in [1.54, 1.807) is 6.21 Å². The van der Waals surface area contributed by atoms with Gasteiger partial charge in [-0.25, -0.2) is 4.99 Å². The first-order valence-electron chi connectivity index (χ1n) is 6.27. The number of hydrogen-bond donors (Lipinski definition) is 1. The number of aliphatic imine (C=N–C) groups is 1. The summed E-state index contributed by atoms with van der Waals surface area (Å²) in [4.78, 5) is 4.26. The zero-order valence-corrected chi connectivity index (χ0v) is 12.7. The van der Waals surface area contributed by atoms with Crippen LogP contribution in [0, 0.1) is 0 Å². The molecule has 0 amide bonds. The number of nitrogens with zero attached hydrogens (tertiary/aromatic N) is 1. The lowest BCUT2D eigenvalue weighted by Gasteiger charge is -2.04. The van der Waals surface area contributed by atoms with Crippen LogP contribution >= 0.6 is 0 Å². The van der Waals surface area contributed by atoms with Gasteiger partial charge < -0.3 is 5.32 Å². The maximum Gasteiger partial charge on any atom is 0.174 e. The molecular formula is C17H24N2. The van der Waals surface area contributed by atoms with Gasteiger partial charge in [0.2, 0.25) is 0 Å². The minimum absolute atomic E-state index is 0.682. The average molecular weight is 256 g/mol. The van der Waals surface area contributed by atoms with Crippen molar-refractivity contribution in [3.63, 3.8) is 0 Å². The second-order valence-corrected chi connectivity index (χ2v) is 4.36. The molecule has 2 nitrogen and oxygen atoms in total. The second kappa shape index (κ2) is 8.96. The first-order valence-corrected chi connectivity index (χ1v) is 6.27. The van der Waals surface area contributed by atoms with Crippen LogP contribution in [-0.4, -0.2) is 6.21 Å². The van der Waals surface area contributed by atoms with Gasteiger partial charge in [0.15, 0.2) is 5.82 Å². The third-order valence-corrected chi connectivity index (χ3v) is 2.44. The third kappa shape index (κ3) is 7.80. The lowest BCUT2D eigenvalue weighted by molar-refractivity contribution is 0.950. The minimum atomic E-state index is 0.682. The van der Waals surface area contributed by atoms with Gasteiger partial charge in [0.25, 0.3) is 0 Å². The van der Waals surface area contributed by atoms with Crippen LogP contribution < -0.4 is 5.32 Å². The van der Waals surface area contributed by atoms with Crippen molar-refractivity contribution in [2.45, 2.75) is 34.6 Å². The van der Waals surface area contributed by atoms with E-state index in [0.717, 1.165) is 22.4 Å². The molecule has 0 saturated heterocycles. The van der Waals surface area contributed by atoms with Gasteiger partial charge in [-0.2, -0.15) is 0 Å². The van der Waals surface area contributed by atoms with E-state index < -0.39 is 0 Å². The van der Waals surface area contributed by atoms with E-state index in [2.05, 4.69) is 29.2 Å². The zero-order valence-electron chi connectivity index (χ0n) is 12.7. The summed E-state index contributed by atoms with van der Waals surface area (Å²) < 4.78 is 0. The fourth-order valence-corrected chi connectivity index (χ4v) is 1.06. The molecular weight excluding hydrogens is 232 g/mol. The highest BCUT2D eigenvalue weighted by atomic mass is 15.0. The van der Waals surface area contributed by atoms with Crippen LogP contribution in [-0.2, 0) is 0 Å². The molecule has 0 fully saturated rings. The molecule has 0 aromatic heterocycles. The normalized spacial score (nSPS) is 12.1. The number of nitrogens with one attached hydrogen (secondary N) is 1. The molecule has 19 heavy (non-hydrogen) atoms. The van der Waals surface area contributed by atoms with Crippen molar-refractivity contribution < 1.29 is 0 Å². The second-order valence-electron chi connectivity index (χ2n) is 4.36. The van der Waals surface area contributed by atoms with E-state index in [4.69, 9.17) is 0 Å². The van der Waals surface area contributed by atoms with Crippen molar-refractivity contribution in [3.8, 4) is 0 Å². The lowest BCUT2D eigenvalue weighted by atomic mass is 10.2. The smallest absolute Gasteiger partial charge is 0.174 e. The van der Waals surface area contributed by atoms with Crippen LogP contribution in [0.4, 0.5) is 0 Å². The molecule has 0 aromatic carbocycles. The summed E-state index contributed by atoms with van der Waals surface area (Å²) in [6.45, 7) is 17.4. The Bertz CT molecular complexity index is 493. The molecule has 0 spiro atoms. The third-order valence-electron chi connectivity index (χ3n) is 2.44. The summed E-state index contributed by atoms with van der Waals surface area (Å²) in [5, 5.41) is 3.21. The Morgan fingerprint density at radius 2 is 1.79 bits per heavy atom. The van der Waals surface area contributed by atoms with Crippen molar-refractivity contribution in [1.29, 1.82) is 0 Å². The summed E-state index contributed by atoms with van der Waals surface area (Å²) in [5.41, 5.74) is 7.26. The van der Waals surface area contributed by atoms with Gasteiger partial charge in [-0.3, -0.25) is 0 Å². The van der Waals surface area contributed by atoms with Crippen molar-refractivity contribution in [1.82, 2.24) is 5.32 Å². The van der Waals surface area contributed by atoms with Gasteiger partial charge in [-0.1, -0.05) is 36.6 Å².